The first-order valence-corrected chi connectivity index (χ1v) is 8.99. The summed E-state index contributed by atoms with van der Waals surface area (Å²) < 4.78 is 13.6. The van der Waals surface area contributed by atoms with Crippen molar-refractivity contribution in [1.29, 1.82) is 0 Å². The van der Waals surface area contributed by atoms with E-state index in [0.717, 1.165) is 5.69 Å². The van der Waals surface area contributed by atoms with E-state index in [2.05, 4.69) is 4.98 Å². The maximum atomic E-state index is 13.6. The van der Waals surface area contributed by atoms with Gasteiger partial charge in [-0.1, -0.05) is 17.7 Å². The first kappa shape index (κ1) is 17.7. The molecule has 0 radical (unpaired) electrons. The molecule has 2 aliphatic heterocycles. The number of β-lactam (4-membered cyclic amide) rings is 1. The third kappa shape index (κ3) is 2.73. The Morgan fingerprint density at radius 3 is 2.59 bits per heavy atom. The third-order valence-corrected chi connectivity index (χ3v) is 5.79. The summed E-state index contributed by atoms with van der Waals surface area (Å²) in [5.74, 6) is -0.655. The van der Waals surface area contributed by atoms with Gasteiger partial charge in [-0.25, -0.2) is 9.18 Å². The molecule has 2 fully saturated rings. The Morgan fingerprint density at radius 1 is 1.26 bits per heavy atom. The number of carbonyl (C=O) groups excluding carboxylic acids is 1. The molecule has 140 valence electrons. The largest absolute Gasteiger partial charge is 0.465 e. The van der Waals surface area contributed by atoms with Crippen molar-refractivity contribution in [2.45, 2.75) is 18.9 Å². The molecule has 8 heteroatoms. The van der Waals surface area contributed by atoms with Gasteiger partial charge < -0.3 is 14.9 Å². The molecule has 2 saturated heterocycles. The lowest BCUT2D eigenvalue weighted by Crippen LogP contribution is -2.67. The van der Waals surface area contributed by atoms with Crippen LogP contribution in [0.4, 0.5) is 14.9 Å². The van der Waals surface area contributed by atoms with E-state index in [1.165, 1.54) is 23.1 Å². The van der Waals surface area contributed by atoms with Gasteiger partial charge in [0.1, 0.15) is 5.82 Å². The number of anilines is 1. The van der Waals surface area contributed by atoms with Crippen molar-refractivity contribution in [3.63, 3.8) is 0 Å². The van der Waals surface area contributed by atoms with Gasteiger partial charge in [-0.3, -0.25) is 9.78 Å². The van der Waals surface area contributed by atoms with E-state index in [-0.39, 0.29) is 17.0 Å². The third-order valence-electron chi connectivity index (χ3n) is 5.50. The molecule has 1 atom stereocenters. The van der Waals surface area contributed by atoms with Crippen molar-refractivity contribution in [1.82, 2.24) is 9.88 Å². The predicted octanol–water partition coefficient (Wildman–Crippen LogP) is 3.72. The van der Waals surface area contributed by atoms with Crippen molar-refractivity contribution in [2.24, 2.45) is 5.41 Å². The summed E-state index contributed by atoms with van der Waals surface area (Å²) in [5, 5.41) is 9.15. The number of likely N-dealkylation sites (tertiary alicyclic amines) is 1. The predicted molar refractivity (Wildman–Crippen MR) is 97.1 cm³/mol. The molecule has 4 rings (SSSR count). The minimum atomic E-state index is -0.979. The van der Waals surface area contributed by atoms with Crippen molar-refractivity contribution >= 4 is 29.3 Å². The second-order valence-electron chi connectivity index (χ2n) is 6.86. The number of nitrogens with zero attached hydrogens (tertiary/aromatic N) is 3. The minimum Gasteiger partial charge on any atom is -0.465 e. The number of carboxylic acid groups (broad SMARTS) is 1. The summed E-state index contributed by atoms with van der Waals surface area (Å²) in [5.41, 5.74) is 0.524. The van der Waals surface area contributed by atoms with Crippen LogP contribution < -0.4 is 4.90 Å². The van der Waals surface area contributed by atoms with Crippen LogP contribution in [0, 0.1) is 11.2 Å². The fraction of sp³-hybridized carbons (Fsp3) is 0.316. The van der Waals surface area contributed by atoms with E-state index in [9.17, 15) is 19.1 Å². The summed E-state index contributed by atoms with van der Waals surface area (Å²) in [6.07, 6.45) is 1.53. The van der Waals surface area contributed by atoms with Crippen LogP contribution in [0.5, 0.6) is 0 Å². The molecule has 6 nitrogen and oxygen atoms in total. The second-order valence-corrected chi connectivity index (χ2v) is 7.26. The lowest BCUT2D eigenvalue weighted by atomic mass is 9.63. The maximum absolute atomic E-state index is 13.6. The summed E-state index contributed by atoms with van der Waals surface area (Å²) in [7, 11) is 0. The molecule has 0 aliphatic carbocycles. The molecule has 1 unspecified atom stereocenters. The zero-order chi connectivity index (χ0) is 19.2. The van der Waals surface area contributed by atoms with E-state index in [4.69, 9.17) is 11.6 Å². The average molecular weight is 390 g/mol. The van der Waals surface area contributed by atoms with Gasteiger partial charge >= 0.3 is 6.09 Å². The van der Waals surface area contributed by atoms with Gasteiger partial charge in [-0.15, -0.1) is 0 Å². The molecule has 2 aliphatic rings. The monoisotopic (exact) mass is 389 g/mol. The number of benzene rings is 1. The number of pyridine rings is 1. The van der Waals surface area contributed by atoms with Gasteiger partial charge in [0.2, 0.25) is 5.91 Å². The molecule has 1 aromatic heterocycles. The van der Waals surface area contributed by atoms with Crippen LogP contribution in [0.3, 0.4) is 0 Å². The summed E-state index contributed by atoms with van der Waals surface area (Å²) >= 11 is 5.91. The van der Waals surface area contributed by atoms with E-state index in [1.807, 2.05) is 12.1 Å². The van der Waals surface area contributed by atoms with Gasteiger partial charge in [0.25, 0.3) is 0 Å². The van der Waals surface area contributed by atoms with Gasteiger partial charge in [0.05, 0.1) is 22.2 Å². The Kier molecular flexibility index (Phi) is 4.26. The number of piperidine rings is 1. The fourth-order valence-corrected chi connectivity index (χ4v) is 4.27. The van der Waals surface area contributed by atoms with Gasteiger partial charge in [-0.05, 0) is 43.2 Å². The van der Waals surface area contributed by atoms with Crippen molar-refractivity contribution in [3.8, 4) is 0 Å². The Balaban J connectivity index is 1.72. The quantitative estimate of drug-likeness (QED) is 0.794. The number of rotatable bonds is 2. The van der Waals surface area contributed by atoms with E-state index in [1.54, 1.807) is 17.2 Å². The number of halogens is 2. The van der Waals surface area contributed by atoms with E-state index < -0.39 is 17.3 Å². The number of hydrogen-bond donors (Lipinski definition) is 1. The van der Waals surface area contributed by atoms with Crippen LogP contribution in [-0.2, 0) is 4.79 Å². The van der Waals surface area contributed by atoms with E-state index >= 15 is 0 Å². The van der Waals surface area contributed by atoms with Crippen molar-refractivity contribution in [3.05, 3.63) is 59.1 Å². The molecule has 27 heavy (non-hydrogen) atoms. The van der Waals surface area contributed by atoms with Gasteiger partial charge in [-0.2, -0.15) is 0 Å². The van der Waals surface area contributed by atoms with Crippen LogP contribution in [0.1, 0.15) is 24.6 Å². The molecular formula is C19H17ClFN3O3. The summed E-state index contributed by atoms with van der Waals surface area (Å²) in [6.45, 7) is 0.588. The molecule has 2 aromatic rings. The lowest BCUT2D eigenvalue weighted by Gasteiger charge is -2.58. The normalized spacial score (nSPS) is 21.3. The van der Waals surface area contributed by atoms with Gasteiger partial charge in [0, 0.05) is 25.0 Å². The molecule has 1 N–H and O–H groups in total. The fourth-order valence-electron chi connectivity index (χ4n) is 4.09. The Hall–Kier alpha value is -2.67. The maximum Gasteiger partial charge on any atom is 0.407 e. The minimum absolute atomic E-state index is 0.0540. The highest BCUT2D eigenvalue weighted by Gasteiger charge is 2.62. The summed E-state index contributed by atoms with van der Waals surface area (Å²) in [6, 6.07) is 9.34. The van der Waals surface area contributed by atoms with Crippen LogP contribution in [0.2, 0.25) is 5.02 Å². The Bertz CT molecular complexity index is 900. The first-order valence-electron chi connectivity index (χ1n) is 8.61. The first-order chi connectivity index (χ1) is 12.9. The zero-order valence-corrected chi connectivity index (χ0v) is 15.1. The standard InChI is InChI=1S/C19H17ClFN3O3/c20-13-11-12(4-5-14(13)21)24-16(15-3-1-2-8-22-15)19(17(24)25)6-9-23(10-7-19)18(26)27/h1-5,8,11,16H,6-7,9-10H2,(H,26,27). The van der Waals surface area contributed by atoms with Crippen molar-refractivity contribution < 1.29 is 19.1 Å². The van der Waals surface area contributed by atoms with Crippen molar-refractivity contribution in [2.75, 3.05) is 18.0 Å². The highest BCUT2D eigenvalue weighted by Crippen LogP contribution is 2.57. The average Bonchev–Trinajstić information content (AvgIpc) is 2.68. The number of amides is 2. The lowest BCUT2D eigenvalue weighted by molar-refractivity contribution is -0.144. The highest BCUT2D eigenvalue weighted by atomic mass is 35.5. The highest BCUT2D eigenvalue weighted by molar-refractivity contribution is 6.31. The van der Waals surface area contributed by atoms with Crippen LogP contribution in [0.25, 0.3) is 0 Å². The second kappa shape index (κ2) is 6.49. The topological polar surface area (TPSA) is 73.7 Å². The Labute approximate surface area is 160 Å². The molecule has 0 saturated carbocycles. The molecule has 2 amide bonds. The molecule has 0 bridgehead atoms. The molecule has 3 heterocycles. The number of hydrogen-bond acceptors (Lipinski definition) is 3. The van der Waals surface area contributed by atoms with E-state index in [0.29, 0.717) is 31.6 Å². The van der Waals surface area contributed by atoms with Crippen LogP contribution in [-0.4, -0.2) is 40.1 Å². The molecule has 1 spiro atoms. The molecular weight excluding hydrogens is 373 g/mol. The van der Waals surface area contributed by atoms with Gasteiger partial charge in [0.15, 0.2) is 0 Å². The Morgan fingerprint density at radius 2 is 2.00 bits per heavy atom. The number of aromatic nitrogens is 1. The zero-order valence-electron chi connectivity index (χ0n) is 14.3. The smallest absolute Gasteiger partial charge is 0.407 e. The number of carbonyl (C=O) groups is 2. The SMILES string of the molecule is O=C(O)N1CCC2(CC1)C(=O)N(c1ccc(F)c(Cl)c1)C2c1ccccn1. The molecule has 1 aromatic carbocycles. The van der Waals surface area contributed by atoms with Crippen LogP contribution in [0.15, 0.2) is 42.6 Å². The summed E-state index contributed by atoms with van der Waals surface area (Å²) in [4.78, 5) is 31.8. The van der Waals surface area contributed by atoms with Crippen LogP contribution >= 0.6 is 11.6 Å².